The molecule has 1 aromatic rings. The molecule has 0 bridgehead atoms. The molecule has 1 saturated heterocycles. The minimum absolute atomic E-state index is 0.0197. The fourth-order valence-electron chi connectivity index (χ4n) is 2.35. The maximum atomic E-state index is 12.1. The van der Waals surface area contributed by atoms with Crippen molar-refractivity contribution < 1.29 is 4.79 Å². The molecule has 104 valence electrons. The van der Waals surface area contributed by atoms with E-state index in [0.717, 1.165) is 19.5 Å². The van der Waals surface area contributed by atoms with E-state index in [1.807, 2.05) is 0 Å². The molecule has 2 N–H and O–H groups in total. The lowest BCUT2D eigenvalue weighted by molar-refractivity contribution is -0.121. The van der Waals surface area contributed by atoms with Crippen LogP contribution in [-0.2, 0) is 11.2 Å². The highest BCUT2D eigenvalue weighted by Crippen LogP contribution is 2.24. The highest BCUT2D eigenvalue weighted by molar-refractivity contribution is 6.36. The third-order valence-electron chi connectivity index (χ3n) is 3.53. The van der Waals surface area contributed by atoms with Crippen LogP contribution in [0.2, 0.25) is 10.0 Å². The van der Waals surface area contributed by atoms with Gasteiger partial charge < -0.3 is 10.6 Å². The molecule has 0 saturated carbocycles. The molecule has 2 unspecified atom stereocenters. The Labute approximate surface area is 123 Å². The van der Waals surface area contributed by atoms with Crippen LogP contribution in [0.15, 0.2) is 18.2 Å². The number of amides is 1. The summed E-state index contributed by atoms with van der Waals surface area (Å²) in [7, 11) is 0. The second-order valence-electron chi connectivity index (χ2n) is 5.02. The van der Waals surface area contributed by atoms with Crippen LogP contribution < -0.4 is 10.6 Å². The first-order chi connectivity index (χ1) is 9.08. The topological polar surface area (TPSA) is 41.1 Å². The zero-order valence-corrected chi connectivity index (χ0v) is 12.4. The number of hydrogen-bond acceptors (Lipinski definition) is 2. The Hall–Kier alpha value is -0.770. The van der Waals surface area contributed by atoms with E-state index in [2.05, 4.69) is 17.6 Å². The smallest absolute Gasteiger partial charge is 0.224 e. The monoisotopic (exact) mass is 300 g/mol. The molecule has 1 fully saturated rings. The number of benzene rings is 1. The minimum atomic E-state index is -0.0197. The lowest BCUT2D eigenvalue weighted by Crippen LogP contribution is -2.48. The van der Waals surface area contributed by atoms with Gasteiger partial charge in [0, 0.05) is 16.1 Å². The highest BCUT2D eigenvalue weighted by atomic mass is 35.5. The van der Waals surface area contributed by atoms with Gasteiger partial charge in [-0.25, -0.2) is 0 Å². The third-order valence-corrected chi connectivity index (χ3v) is 4.24. The van der Waals surface area contributed by atoms with E-state index < -0.39 is 0 Å². The van der Waals surface area contributed by atoms with E-state index in [1.54, 1.807) is 18.2 Å². The maximum Gasteiger partial charge on any atom is 0.224 e. The highest BCUT2D eigenvalue weighted by Gasteiger charge is 2.23. The second-order valence-corrected chi connectivity index (χ2v) is 5.84. The molecular weight excluding hydrogens is 283 g/mol. The van der Waals surface area contributed by atoms with Crippen LogP contribution in [0, 0.1) is 5.92 Å². The van der Waals surface area contributed by atoms with Gasteiger partial charge in [-0.3, -0.25) is 4.79 Å². The molecule has 1 aromatic carbocycles. The first kappa shape index (κ1) is 14.6. The lowest BCUT2D eigenvalue weighted by Gasteiger charge is -2.30. The molecule has 3 nitrogen and oxygen atoms in total. The van der Waals surface area contributed by atoms with Gasteiger partial charge in [0.2, 0.25) is 5.91 Å². The van der Waals surface area contributed by atoms with Crippen molar-refractivity contribution in [3.05, 3.63) is 33.8 Å². The Morgan fingerprint density at radius 3 is 2.74 bits per heavy atom. The average molecular weight is 301 g/mol. The van der Waals surface area contributed by atoms with Crippen molar-refractivity contribution in [2.75, 3.05) is 13.1 Å². The van der Waals surface area contributed by atoms with Crippen molar-refractivity contribution >= 4 is 29.1 Å². The van der Waals surface area contributed by atoms with E-state index >= 15 is 0 Å². The van der Waals surface area contributed by atoms with Gasteiger partial charge in [-0.2, -0.15) is 0 Å². The normalized spacial score (nSPS) is 23.1. The molecule has 0 aliphatic carbocycles. The molecule has 2 atom stereocenters. The molecule has 0 aromatic heterocycles. The summed E-state index contributed by atoms with van der Waals surface area (Å²) in [6.07, 6.45) is 1.19. The molecule has 0 radical (unpaired) electrons. The van der Waals surface area contributed by atoms with Crippen LogP contribution in [0.5, 0.6) is 0 Å². The Morgan fingerprint density at radius 1 is 1.42 bits per heavy atom. The van der Waals surface area contributed by atoms with Crippen molar-refractivity contribution in [3.63, 3.8) is 0 Å². The quantitative estimate of drug-likeness (QED) is 0.901. The third kappa shape index (κ3) is 3.85. The van der Waals surface area contributed by atoms with Crippen LogP contribution >= 0.6 is 23.2 Å². The van der Waals surface area contributed by atoms with Crippen LogP contribution in [0.1, 0.15) is 18.9 Å². The van der Waals surface area contributed by atoms with Crippen LogP contribution in [0.3, 0.4) is 0 Å². The van der Waals surface area contributed by atoms with Gasteiger partial charge >= 0.3 is 0 Å². The molecule has 0 spiro atoms. The van der Waals surface area contributed by atoms with E-state index in [0.29, 0.717) is 21.5 Å². The standard InChI is InChI=1S/C14H18Cl2N2O/c1-9-8-17-6-5-13(9)18-14(19)7-10-11(15)3-2-4-12(10)16/h2-4,9,13,17H,5-8H2,1H3,(H,18,19). The summed E-state index contributed by atoms with van der Waals surface area (Å²) in [5.74, 6) is 0.424. The number of halogens is 2. The molecule has 5 heteroatoms. The number of hydrogen-bond donors (Lipinski definition) is 2. The van der Waals surface area contributed by atoms with Crippen molar-refractivity contribution in [1.82, 2.24) is 10.6 Å². The molecule has 2 rings (SSSR count). The van der Waals surface area contributed by atoms with Crippen LogP contribution in [0.4, 0.5) is 0 Å². The first-order valence-electron chi connectivity index (χ1n) is 6.51. The summed E-state index contributed by atoms with van der Waals surface area (Å²) in [5.41, 5.74) is 0.699. The number of rotatable bonds is 3. The van der Waals surface area contributed by atoms with Gasteiger partial charge in [-0.1, -0.05) is 36.2 Å². The van der Waals surface area contributed by atoms with Crippen molar-refractivity contribution in [3.8, 4) is 0 Å². The summed E-state index contributed by atoms with van der Waals surface area (Å²) < 4.78 is 0. The minimum Gasteiger partial charge on any atom is -0.353 e. The first-order valence-corrected chi connectivity index (χ1v) is 7.26. The second kappa shape index (κ2) is 6.60. The maximum absolute atomic E-state index is 12.1. The predicted molar refractivity (Wildman–Crippen MR) is 78.7 cm³/mol. The summed E-state index contributed by atoms with van der Waals surface area (Å²) >= 11 is 12.1. The Balaban J connectivity index is 1.97. The van der Waals surface area contributed by atoms with Gasteiger partial charge in [0.15, 0.2) is 0 Å². The van der Waals surface area contributed by atoms with E-state index in [9.17, 15) is 4.79 Å². The summed E-state index contributed by atoms with van der Waals surface area (Å²) in [5, 5.41) is 7.47. The largest absolute Gasteiger partial charge is 0.353 e. The van der Waals surface area contributed by atoms with E-state index in [1.165, 1.54) is 0 Å². The SMILES string of the molecule is CC1CNCCC1NC(=O)Cc1c(Cl)cccc1Cl. The zero-order chi connectivity index (χ0) is 13.8. The molecule has 1 aliphatic heterocycles. The van der Waals surface area contributed by atoms with Gasteiger partial charge in [0.25, 0.3) is 0 Å². The Kier molecular flexibility index (Phi) is 5.08. The van der Waals surface area contributed by atoms with Crippen molar-refractivity contribution in [1.29, 1.82) is 0 Å². The number of nitrogens with one attached hydrogen (secondary N) is 2. The lowest BCUT2D eigenvalue weighted by atomic mass is 9.95. The van der Waals surface area contributed by atoms with Crippen LogP contribution in [-0.4, -0.2) is 25.0 Å². The van der Waals surface area contributed by atoms with E-state index in [-0.39, 0.29) is 18.4 Å². The molecule has 1 amide bonds. The predicted octanol–water partition coefficient (Wildman–Crippen LogP) is 2.65. The van der Waals surface area contributed by atoms with Gasteiger partial charge in [0.1, 0.15) is 0 Å². The molecule has 1 aliphatic rings. The van der Waals surface area contributed by atoms with Crippen LogP contribution in [0.25, 0.3) is 0 Å². The summed E-state index contributed by atoms with van der Waals surface area (Å²) in [6.45, 7) is 4.03. The fraction of sp³-hybridized carbons (Fsp3) is 0.500. The van der Waals surface area contributed by atoms with E-state index in [4.69, 9.17) is 23.2 Å². The number of carbonyl (C=O) groups is 1. The number of piperidine rings is 1. The van der Waals surface area contributed by atoms with Gasteiger partial charge in [-0.05, 0) is 43.1 Å². The summed E-state index contributed by atoms with van der Waals surface area (Å²) in [6, 6.07) is 5.52. The Bertz CT molecular complexity index is 445. The van der Waals surface area contributed by atoms with Gasteiger partial charge in [0.05, 0.1) is 6.42 Å². The number of carbonyl (C=O) groups excluding carboxylic acids is 1. The average Bonchev–Trinajstić information content (AvgIpc) is 2.37. The van der Waals surface area contributed by atoms with Gasteiger partial charge in [-0.15, -0.1) is 0 Å². The van der Waals surface area contributed by atoms with Crippen molar-refractivity contribution in [2.24, 2.45) is 5.92 Å². The molecule has 1 heterocycles. The molecular formula is C14H18Cl2N2O. The fourth-order valence-corrected chi connectivity index (χ4v) is 2.88. The summed E-state index contributed by atoms with van der Waals surface area (Å²) in [4.78, 5) is 12.1. The van der Waals surface area contributed by atoms with Crippen molar-refractivity contribution in [2.45, 2.75) is 25.8 Å². The molecule has 19 heavy (non-hydrogen) atoms. The Morgan fingerprint density at radius 2 is 2.11 bits per heavy atom. The zero-order valence-electron chi connectivity index (χ0n) is 10.9.